The van der Waals surface area contributed by atoms with Crippen molar-refractivity contribution in [3.05, 3.63) is 29.8 Å². The van der Waals surface area contributed by atoms with Crippen LogP contribution in [-0.2, 0) is 10.2 Å². The largest absolute Gasteiger partial charge is 0.326 e. The van der Waals surface area contributed by atoms with E-state index in [0.717, 1.165) is 38.0 Å². The Morgan fingerprint density at radius 1 is 1.29 bits per heavy atom. The predicted molar refractivity (Wildman–Crippen MR) is 88.6 cm³/mol. The van der Waals surface area contributed by atoms with Crippen LogP contribution in [-0.4, -0.2) is 19.0 Å². The lowest BCUT2D eigenvalue weighted by atomic mass is 9.77. The molecule has 0 aromatic heterocycles. The molecule has 1 heterocycles. The molecule has 1 amide bonds. The summed E-state index contributed by atoms with van der Waals surface area (Å²) in [4.78, 5) is 12.7. The summed E-state index contributed by atoms with van der Waals surface area (Å²) < 4.78 is 0. The van der Waals surface area contributed by atoms with Gasteiger partial charge in [0.2, 0.25) is 5.91 Å². The maximum absolute atomic E-state index is 12.7. The molecule has 3 nitrogen and oxygen atoms in total. The molecular formula is C18H28N2O. The van der Waals surface area contributed by atoms with Crippen LogP contribution in [0.5, 0.6) is 0 Å². The molecule has 1 unspecified atom stereocenters. The lowest BCUT2D eigenvalue weighted by Gasteiger charge is -2.35. The van der Waals surface area contributed by atoms with Crippen molar-refractivity contribution >= 4 is 11.6 Å². The third kappa shape index (κ3) is 3.65. The van der Waals surface area contributed by atoms with Crippen molar-refractivity contribution < 1.29 is 4.79 Å². The molecule has 1 aromatic carbocycles. The summed E-state index contributed by atoms with van der Waals surface area (Å²) in [7, 11) is 0. The molecule has 1 aromatic rings. The number of carbonyl (C=O) groups is 1. The zero-order valence-corrected chi connectivity index (χ0v) is 13.8. The number of rotatable bonds is 3. The molecule has 0 bridgehead atoms. The molecule has 21 heavy (non-hydrogen) atoms. The standard InChI is InChI=1S/C18H28N2O/c1-5-18(11-6-12-19-13-18)16(21)20-15-9-7-14(8-10-15)17(2,3)4/h7-10,19H,5-6,11-13H2,1-4H3,(H,20,21). The van der Waals surface area contributed by atoms with Crippen LogP contribution in [0.1, 0.15) is 52.5 Å². The molecule has 1 fully saturated rings. The van der Waals surface area contributed by atoms with Gasteiger partial charge < -0.3 is 10.6 Å². The monoisotopic (exact) mass is 288 g/mol. The van der Waals surface area contributed by atoms with Gasteiger partial charge in [0, 0.05) is 12.2 Å². The fourth-order valence-corrected chi connectivity index (χ4v) is 2.94. The van der Waals surface area contributed by atoms with E-state index in [2.05, 4.69) is 50.5 Å². The van der Waals surface area contributed by atoms with Crippen molar-refractivity contribution in [3.8, 4) is 0 Å². The van der Waals surface area contributed by atoms with Gasteiger partial charge in [-0.2, -0.15) is 0 Å². The first-order chi connectivity index (χ1) is 9.87. The fraction of sp³-hybridized carbons (Fsp3) is 0.611. The summed E-state index contributed by atoms with van der Waals surface area (Å²) in [6, 6.07) is 8.23. The van der Waals surface area contributed by atoms with Gasteiger partial charge in [0.25, 0.3) is 0 Å². The van der Waals surface area contributed by atoms with Gasteiger partial charge in [-0.25, -0.2) is 0 Å². The van der Waals surface area contributed by atoms with Crippen LogP contribution in [0.3, 0.4) is 0 Å². The summed E-state index contributed by atoms with van der Waals surface area (Å²) in [5, 5.41) is 6.46. The van der Waals surface area contributed by atoms with E-state index in [1.54, 1.807) is 0 Å². The Labute approximate surface area is 128 Å². The SMILES string of the molecule is CCC1(C(=O)Nc2ccc(C(C)(C)C)cc2)CCCNC1. The molecule has 2 N–H and O–H groups in total. The second-order valence-electron chi connectivity index (χ2n) is 7.20. The Kier molecular flexibility index (Phi) is 4.72. The molecule has 1 aliphatic rings. The summed E-state index contributed by atoms with van der Waals surface area (Å²) in [6.07, 6.45) is 2.93. The van der Waals surface area contributed by atoms with E-state index < -0.39 is 0 Å². The number of hydrogen-bond donors (Lipinski definition) is 2. The third-order valence-electron chi connectivity index (χ3n) is 4.64. The van der Waals surface area contributed by atoms with E-state index in [1.807, 2.05) is 12.1 Å². The van der Waals surface area contributed by atoms with Crippen LogP contribution in [0.2, 0.25) is 0 Å². The summed E-state index contributed by atoms with van der Waals surface area (Å²) in [5.74, 6) is 0.153. The normalized spacial score (nSPS) is 22.9. The van der Waals surface area contributed by atoms with Gasteiger partial charge >= 0.3 is 0 Å². The molecule has 2 rings (SSSR count). The highest BCUT2D eigenvalue weighted by molar-refractivity contribution is 5.95. The molecule has 1 aliphatic heterocycles. The van der Waals surface area contributed by atoms with Crippen LogP contribution in [0.25, 0.3) is 0 Å². The van der Waals surface area contributed by atoms with Crippen molar-refractivity contribution in [1.29, 1.82) is 0 Å². The Bertz CT molecular complexity index is 479. The summed E-state index contributed by atoms with van der Waals surface area (Å²) in [5.41, 5.74) is 2.07. The van der Waals surface area contributed by atoms with Crippen LogP contribution in [0.15, 0.2) is 24.3 Å². The molecule has 1 saturated heterocycles. The number of piperidine rings is 1. The first-order valence-corrected chi connectivity index (χ1v) is 8.00. The van der Waals surface area contributed by atoms with Gasteiger partial charge in [-0.3, -0.25) is 4.79 Å². The van der Waals surface area contributed by atoms with Gasteiger partial charge in [0.15, 0.2) is 0 Å². The van der Waals surface area contributed by atoms with E-state index in [9.17, 15) is 4.79 Å². The number of anilines is 1. The van der Waals surface area contributed by atoms with Crippen molar-refractivity contribution in [3.63, 3.8) is 0 Å². The summed E-state index contributed by atoms with van der Waals surface area (Å²) >= 11 is 0. The van der Waals surface area contributed by atoms with Crippen molar-refractivity contribution in [1.82, 2.24) is 5.32 Å². The molecule has 1 atom stereocenters. The number of nitrogens with one attached hydrogen (secondary N) is 2. The van der Waals surface area contributed by atoms with Crippen LogP contribution in [0, 0.1) is 5.41 Å². The molecule has 0 saturated carbocycles. The van der Waals surface area contributed by atoms with E-state index in [0.29, 0.717) is 0 Å². The molecule has 0 radical (unpaired) electrons. The molecule has 0 spiro atoms. The first kappa shape index (κ1) is 16.0. The van der Waals surface area contributed by atoms with Gasteiger partial charge in [-0.15, -0.1) is 0 Å². The minimum absolute atomic E-state index is 0.139. The molecule has 0 aliphatic carbocycles. The maximum Gasteiger partial charge on any atom is 0.231 e. The number of hydrogen-bond acceptors (Lipinski definition) is 2. The molecular weight excluding hydrogens is 260 g/mol. The number of amides is 1. The minimum Gasteiger partial charge on any atom is -0.326 e. The summed E-state index contributed by atoms with van der Waals surface area (Å²) in [6.45, 7) is 10.5. The van der Waals surface area contributed by atoms with E-state index >= 15 is 0 Å². The number of benzene rings is 1. The van der Waals surface area contributed by atoms with Gasteiger partial charge in [-0.1, -0.05) is 39.8 Å². The highest BCUT2D eigenvalue weighted by Crippen LogP contribution is 2.32. The van der Waals surface area contributed by atoms with Gasteiger partial charge in [-0.05, 0) is 48.9 Å². The fourth-order valence-electron chi connectivity index (χ4n) is 2.94. The minimum atomic E-state index is -0.249. The van der Waals surface area contributed by atoms with Crippen LogP contribution < -0.4 is 10.6 Å². The van der Waals surface area contributed by atoms with Crippen molar-refractivity contribution in [2.24, 2.45) is 5.41 Å². The quantitative estimate of drug-likeness (QED) is 0.890. The van der Waals surface area contributed by atoms with Crippen LogP contribution in [0.4, 0.5) is 5.69 Å². The highest BCUT2D eigenvalue weighted by Gasteiger charge is 2.37. The highest BCUT2D eigenvalue weighted by atomic mass is 16.2. The second-order valence-corrected chi connectivity index (χ2v) is 7.20. The average molecular weight is 288 g/mol. The Morgan fingerprint density at radius 3 is 2.43 bits per heavy atom. The predicted octanol–water partition coefficient (Wildman–Crippen LogP) is 3.70. The molecule has 116 valence electrons. The van der Waals surface area contributed by atoms with E-state index in [1.165, 1.54) is 5.56 Å². The Morgan fingerprint density at radius 2 is 1.95 bits per heavy atom. The topological polar surface area (TPSA) is 41.1 Å². The number of carbonyl (C=O) groups excluding carboxylic acids is 1. The van der Waals surface area contributed by atoms with Gasteiger partial charge in [0.05, 0.1) is 5.41 Å². The molecule has 3 heteroatoms. The lowest BCUT2D eigenvalue weighted by molar-refractivity contribution is -0.126. The van der Waals surface area contributed by atoms with E-state index in [-0.39, 0.29) is 16.7 Å². The van der Waals surface area contributed by atoms with Crippen molar-refractivity contribution in [2.45, 2.75) is 52.4 Å². The van der Waals surface area contributed by atoms with Gasteiger partial charge in [0.1, 0.15) is 0 Å². The Balaban J connectivity index is 2.08. The average Bonchev–Trinajstić information content (AvgIpc) is 2.47. The maximum atomic E-state index is 12.7. The van der Waals surface area contributed by atoms with Crippen LogP contribution >= 0.6 is 0 Å². The zero-order chi connectivity index (χ0) is 15.5. The first-order valence-electron chi connectivity index (χ1n) is 8.00. The smallest absolute Gasteiger partial charge is 0.231 e. The third-order valence-corrected chi connectivity index (χ3v) is 4.64. The second kappa shape index (κ2) is 6.18. The lowest BCUT2D eigenvalue weighted by Crippen LogP contribution is -2.47. The Hall–Kier alpha value is -1.35. The van der Waals surface area contributed by atoms with Crippen molar-refractivity contribution in [2.75, 3.05) is 18.4 Å². The van der Waals surface area contributed by atoms with E-state index in [4.69, 9.17) is 0 Å². The zero-order valence-electron chi connectivity index (χ0n) is 13.8.